The van der Waals surface area contributed by atoms with Crippen LogP contribution >= 0.6 is 0 Å². The van der Waals surface area contributed by atoms with Gasteiger partial charge in [-0.25, -0.2) is 9.97 Å². The highest BCUT2D eigenvalue weighted by molar-refractivity contribution is 5.82. The van der Waals surface area contributed by atoms with Crippen LogP contribution in [0, 0.1) is 11.3 Å². The molecule has 54 heavy (non-hydrogen) atoms. The van der Waals surface area contributed by atoms with E-state index in [9.17, 15) is 5.26 Å². The topological polar surface area (TPSA) is 58.8 Å². The van der Waals surface area contributed by atoms with Gasteiger partial charge in [-0.15, -0.1) is 0 Å². The molecule has 2 heterocycles. The maximum Gasteiger partial charge on any atom is 0.160 e. The lowest BCUT2D eigenvalue weighted by Gasteiger charge is -2.35. The van der Waals surface area contributed by atoms with Crippen molar-refractivity contribution >= 4 is 0 Å². The summed E-state index contributed by atoms with van der Waals surface area (Å²) in [5.74, 6) is 2.32. The summed E-state index contributed by atoms with van der Waals surface area (Å²) in [6, 6.07) is 62.8. The summed E-state index contributed by atoms with van der Waals surface area (Å²) < 4.78 is 6.62. The number of benzene rings is 7. The standard InChI is InChI=1S/C50H35N3O/c1-50(2)43-24-12-23-42(48(43)54-47-26-25-33(32-51)27-44(47)50)39-20-9-18-37(28-39)38-19-11-22-41(30-38)46-31-45(52-49(53-46)35-15-7-4-8-16-35)40-21-10-17-36(29-40)34-13-5-3-6-14-34/h3-31H,1-2H3. The average molecular weight is 694 g/mol. The van der Waals surface area contributed by atoms with Gasteiger partial charge in [0, 0.05) is 38.8 Å². The van der Waals surface area contributed by atoms with Gasteiger partial charge in [0.15, 0.2) is 5.82 Å². The van der Waals surface area contributed by atoms with E-state index < -0.39 is 0 Å². The van der Waals surface area contributed by atoms with Crippen LogP contribution < -0.4 is 4.74 Å². The summed E-state index contributed by atoms with van der Waals surface area (Å²) in [4.78, 5) is 10.2. The molecule has 0 amide bonds. The average Bonchev–Trinajstić information content (AvgIpc) is 3.24. The second kappa shape index (κ2) is 13.5. The van der Waals surface area contributed by atoms with Gasteiger partial charge < -0.3 is 4.74 Å². The molecule has 0 bridgehead atoms. The predicted molar refractivity (Wildman–Crippen MR) is 218 cm³/mol. The summed E-state index contributed by atoms with van der Waals surface area (Å²) in [7, 11) is 0. The van der Waals surface area contributed by atoms with E-state index in [1.807, 2.05) is 42.5 Å². The van der Waals surface area contributed by atoms with E-state index in [4.69, 9.17) is 14.7 Å². The lowest BCUT2D eigenvalue weighted by atomic mass is 9.74. The zero-order valence-electron chi connectivity index (χ0n) is 30.0. The van der Waals surface area contributed by atoms with Gasteiger partial charge in [-0.2, -0.15) is 5.26 Å². The molecule has 1 aliphatic rings. The fourth-order valence-corrected chi connectivity index (χ4v) is 7.47. The Kier molecular flexibility index (Phi) is 8.18. The van der Waals surface area contributed by atoms with E-state index in [1.54, 1.807) is 0 Å². The maximum absolute atomic E-state index is 9.57. The van der Waals surface area contributed by atoms with Crippen molar-refractivity contribution in [3.8, 4) is 84.9 Å². The summed E-state index contributed by atoms with van der Waals surface area (Å²) in [5, 5.41) is 9.57. The summed E-state index contributed by atoms with van der Waals surface area (Å²) in [6.45, 7) is 4.39. The molecule has 0 spiro atoms. The van der Waals surface area contributed by atoms with Crippen molar-refractivity contribution in [2.45, 2.75) is 19.3 Å². The molecule has 0 radical (unpaired) electrons. The van der Waals surface area contributed by atoms with E-state index in [0.29, 0.717) is 11.4 Å². The third-order valence-electron chi connectivity index (χ3n) is 10.4. The molecule has 1 aromatic heterocycles. The Morgan fingerprint density at radius 3 is 1.61 bits per heavy atom. The van der Waals surface area contributed by atoms with Crippen LogP contribution in [0.2, 0.25) is 0 Å². The molecular weight excluding hydrogens is 659 g/mol. The Morgan fingerprint density at radius 2 is 0.981 bits per heavy atom. The van der Waals surface area contributed by atoms with E-state index in [-0.39, 0.29) is 5.41 Å². The van der Waals surface area contributed by atoms with Crippen LogP contribution in [0.3, 0.4) is 0 Å². The van der Waals surface area contributed by atoms with Crippen molar-refractivity contribution in [3.63, 3.8) is 0 Å². The third-order valence-corrected chi connectivity index (χ3v) is 10.4. The highest BCUT2D eigenvalue weighted by Crippen LogP contribution is 2.51. The molecule has 0 fully saturated rings. The summed E-state index contributed by atoms with van der Waals surface area (Å²) >= 11 is 0. The van der Waals surface area contributed by atoms with Crippen LogP contribution in [0.1, 0.15) is 30.5 Å². The Morgan fingerprint density at radius 1 is 0.463 bits per heavy atom. The molecule has 0 N–H and O–H groups in total. The second-order valence-electron chi connectivity index (χ2n) is 14.2. The lowest BCUT2D eigenvalue weighted by molar-refractivity contribution is 0.419. The minimum atomic E-state index is -0.338. The molecule has 256 valence electrons. The highest BCUT2D eigenvalue weighted by Gasteiger charge is 2.35. The molecular formula is C50H35N3O. The number of aromatic nitrogens is 2. The Bertz CT molecular complexity index is 2730. The van der Waals surface area contributed by atoms with E-state index in [2.05, 4.69) is 153 Å². The van der Waals surface area contributed by atoms with Crippen molar-refractivity contribution in [1.82, 2.24) is 9.97 Å². The SMILES string of the molecule is CC1(C)c2cc(C#N)ccc2Oc2c(-c3cccc(-c4cccc(-c5cc(-c6cccc(-c7ccccc7)c6)nc(-c6ccccc6)n5)c4)c3)cccc21. The van der Waals surface area contributed by atoms with Crippen molar-refractivity contribution in [2.24, 2.45) is 0 Å². The molecule has 9 rings (SSSR count). The number of ether oxygens (including phenoxy) is 1. The van der Waals surface area contributed by atoms with Gasteiger partial charge in [0.2, 0.25) is 0 Å². The molecule has 0 atom stereocenters. The van der Waals surface area contributed by atoms with Gasteiger partial charge in [-0.3, -0.25) is 0 Å². The smallest absolute Gasteiger partial charge is 0.160 e. The normalized spacial score (nSPS) is 12.5. The number of para-hydroxylation sites is 1. The van der Waals surface area contributed by atoms with Crippen molar-refractivity contribution < 1.29 is 4.74 Å². The number of nitrogens with zero attached hydrogens (tertiary/aromatic N) is 3. The monoisotopic (exact) mass is 693 g/mol. The maximum atomic E-state index is 9.57. The van der Waals surface area contributed by atoms with Gasteiger partial charge in [-0.1, -0.05) is 147 Å². The molecule has 0 saturated carbocycles. The predicted octanol–water partition coefficient (Wildman–Crippen LogP) is 12.8. The van der Waals surface area contributed by atoms with E-state index in [1.165, 1.54) is 0 Å². The minimum absolute atomic E-state index is 0.338. The van der Waals surface area contributed by atoms with Crippen molar-refractivity contribution in [2.75, 3.05) is 0 Å². The zero-order chi connectivity index (χ0) is 36.6. The summed E-state index contributed by atoms with van der Waals surface area (Å²) in [6.07, 6.45) is 0. The largest absolute Gasteiger partial charge is 0.456 e. The first-order valence-corrected chi connectivity index (χ1v) is 18.1. The fourth-order valence-electron chi connectivity index (χ4n) is 7.47. The molecule has 0 saturated heterocycles. The molecule has 0 unspecified atom stereocenters. The van der Waals surface area contributed by atoms with Gasteiger partial charge in [0.05, 0.1) is 23.0 Å². The quantitative estimate of drug-likeness (QED) is 0.174. The van der Waals surface area contributed by atoms with Gasteiger partial charge >= 0.3 is 0 Å². The molecule has 8 aromatic rings. The van der Waals surface area contributed by atoms with Crippen molar-refractivity contribution in [3.05, 3.63) is 193 Å². The van der Waals surface area contributed by atoms with Crippen LogP contribution in [0.4, 0.5) is 0 Å². The second-order valence-corrected chi connectivity index (χ2v) is 14.2. The number of rotatable bonds is 6. The van der Waals surface area contributed by atoms with Crippen LogP contribution in [-0.2, 0) is 5.41 Å². The van der Waals surface area contributed by atoms with Crippen LogP contribution in [0.5, 0.6) is 11.5 Å². The van der Waals surface area contributed by atoms with Gasteiger partial charge in [-0.05, 0) is 70.3 Å². The molecule has 1 aliphatic heterocycles. The van der Waals surface area contributed by atoms with Crippen LogP contribution in [0.25, 0.3) is 67.3 Å². The van der Waals surface area contributed by atoms with Gasteiger partial charge in [0.1, 0.15) is 11.5 Å². The lowest BCUT2D eigenvalue weighted by Crippen LogP contribution is -2.24. The van der Waals surface area contributed by atoms with Crippen LogP contribution in [-0.4, -0.2) is 9.97 Å². The van der Waals surface area contributed by atoms with E-state index in [0.717, 1.165) is 84.1 Å². The van der Waals surface area contributed by atoms with E-state index >= 15 is 0 Å². The zero-order valence-corrected chi connectivity index (χ0v) is 30.0. The summed E-state index contributed by atoms with van der Waals surface area (Å²) in [5.41, 5.74) is 13.7. The van der Waals surface area contributed by atoms with Gasteiger partial charge in [0.25, 0.3) is 0 Å². The molecule has 0 aliphatic carbocycles. The fraction of sp³-hybridized carbons (Fsp3) is 0.0600. The molecule has 4 nitrogen and oxygen atoms in total. The Balaban J connectivity index is 1.11. The third kappa shape index (κ3) is 6.02. The molecule has 7 aromatic carbocycles. The number of fused-ring (bicyclic) bond motifs is 2. The number of nitriles is 1. The van der Waals surface area contributed by atoms with Crippen LogP contribution in [0.15, 0.2) is 176 Å². The first-order chi connectivity index (χ1) is 26.4. The highest BCUT2D eigenvalue weighted by atomic mass is 16.5. The first kappa shape index (κ1) is 32.8. The minimum Gasteiger partial charge on any atom is -0.456 e. The Labute approximate surface area is 315 Å². The number of hydrogen-bond acceptors (Lipinski definition) is 4. The van der Waals surface area contributed by atoms with Crippen molar-refractivity contribution in [1.29, 1.82) is 5.26 Å². The first-order valence-electron chi connectivity index (χ1n) is 18.1. The number of hydrogen-bond donors (Lipinski definition) is 0. The Hall–Kier alpha value is -7.09. The molecule has 4 heteroatoms.